The van der Waals surface area contributed by atoms with Crippen LogP contribution in [-0.2, 0) is 6.42 Å². The Bertz CT molecular complexity index is 771. The second kappa shape index (κ2) is 10.6. The lowest BCUT2D eigenvalue weighted by Gasteiger charge is -2.35. The molecule has 0 saturated heterocycles. The second-order valence-electron chi connectivity index (χ2n) is 9.00. The Kier molecular flexibility index (Phi) is 7.93. The van der Waals surface area contributed by atoms with Crippen molar-refractivity contribution in [1.82, 2.24) is 0 Å². The van der Waals surface area contributed by atoms with E-state index in [9.17, 15) is 5.26 Å². The Morgan fingerprint density at radius 2 is 1.41 bits per heavy atom. The number of unbranched alkanes of at least 4 members (excludes halogenated alkanes) is 4. The maximum Gasteiger partial charge on any atom is 0.0689 e. The summed E-state index contributed by atoms with van der Waals surface area (Å²) < 4.78 is 0. The van der Waals surface area contributed by atoms with Crippen molar-refractivity contribution in [3.05, 3.63) is 59.7 Å². The predicted molar refractivity (Wildman–Crippen MR) is 124 cm³/mol. The minimum absolute atomic E-state index is 0.0519. The molecule has 1 saturated carbocycles. The molecule has 0 bridgehead atoms. The molecule has 0 spiro atoms. The largest absolute Gasteiger partial charge is 0.198 e. The van der Waals surface area contributed by atoms with E-state index in [0.717, 1.165) is 38.5 Å². The summed E-state index contributed by atoms with van der Waals surface area (Å²) in [6.07, 6.45) is 13.1. The average Bonchev–Trinajstić information content (AvgIpc) is 2.79. The Hall–Kier alpha value is -2.07. The zero-order chi connectivity index (χ0) is 20.5. The van der Waals surface area contributed by atoms with Crippen molar-refractivity contribution >= 4 is 0 Å². The molecule has 0 aliphatic heterocycles. The van der Waals surface area contributed by atoms with Gasteiger partial charge < -0.3 is 0 Å². The van der Waals surface area contributed by atoms with Gasteiger partial charge in [-0.25, -0.2) is 0 Å². The molecule has 0 N–H and O–H groups in total. The van der Waals surface area contributed by atoms with Crippen LogP contribution in [0.3, 0.4) is 0 Å². The molecule has 0 unspecified atom stereocenters. The molecule has 2 aromatic rings. The van der Waals surface area contributed by atoms with Gasteiger partial charge in [0.25, 0.3) is 0 Å². The molecule has 0 radical (unpaired) electrons. The summed E-state index contributed by atoms with van der Waals surface area (Å²) in [5.41, 5.74) is 5.38. The van der Waals surface area contributed by atoms with Gasteiger partial charge in [0.1, 0.15) is 0 Å². The van der Waals surface area contributed by atoms with E-state index in [2.05, 4.69) is 68.4 Å². The zero-order valence-corrected chi connectivity index (χ0v) is 18.4. The van der Waals surface area contributed by atoms with E-state index in [1.165, 1.54) is 54.4 Å². The van der Waals surface area contributed by atoms with Gasteiger partial charge in [-0.3, -0.25) is 0 Å². The third kappa shape index (κ3) is 5.72. The summed E-state index contributed by atoms with van der Waals surface area (Å²) >= 11 is 0. The number of rotatable bonds is 9. The van der Waals surface area contributed by atoms with Gasteiger partial charge in [0.15, 0.2) is 0 Å². The molecule has 1 nitrogen and oxygen atoms in total. The predicted octanol–water partition coefficient (Wildman–Crippen LogP) is 8.44. The number of aryl methyl sites for hydroxylation is 1. The summed E-state index contributed by atoms with van der Waals surface area (Å²) in [5, 5.41) is 9.85. The van der Waals surface area contributed by atoms with Gasteiger partial charge in [0.05, 0.1) is 11.5 Å². The smallest absolute Gasteiger partial charge is 0.0689 e. The van der Waals surface area contributed by atoms with Crippen molar-refractivity contribution in [3.63, 3.8) is 0 Å². The van der Waals surface area contributed by atoms with E-state index >= 15 is 0 Å². The van der Waals surface area contributed by atoms with Gasteiger partial charge in [0.2, 0.25) is 0 Å². The number of hydrogen-bond acceptors (Lipinski definition) is 1. The van der Waals surface area contributed by atoms with Crippen molar-refractivity contribution in [2.75, 3.05) is 0 Å². The number of benzene rings is 2. The van der Waals surface area contributed by atoms with Crippen molar-refractivity contribution in [2.24, 2.45) is 5.41 Å². The van der Waals surface area contributed by atoms with E-state index in [1.807, 2.05) is 0 Å². The van der Waals surface area contributed by atoms with Gasteiger partial charge >= 0.3 is 0 Å². The van der Waals surface area contributed by atoms with Crippen LogP contribution in [0, 0.1) is 16.7 Å². The van der Waals surface area contributed by atoms with Crippen molar-refractivity contribution < 1.29 is 0 Å². The molecule has 1 aliphatic rings. The Labute approximate surface area is 178 Å². The normalized spacial score (nSPS) is 21.6. The highest BCUT2D eigenvalue weighted by atomic mass is 14.4. The third-order valence-electron chi connectivity index (χ3n) is 7.02. The number of nitriles is 1. The first-order valence-electron chi connectivity index (χ1n) is 11.8. The molecule has 1 heteroatoms. The second-order valence-corrected chi connectivity index (χ2v) is 9.00. The first-order chi connectivity index (χ1) is 14.2. The molecule has 1 fully saturated rings. The monoisotopic (exact) mass is 387 g/mol. The molecule has 29 heavy (non-hydrogen) atoms. The highest BCUT2D eigenvalue weighted by molar-refractivity contribution is 5.64. The van der Waals surface area contributed by atoms with Crippen LogP contribution < -0.4 is 0 Å². The molecular weight excluding hydrogens is 350 g/mol. The Morgan fingerprint density at radius 3 is 1.97 bits per heavy atom. The first-order valence-corrected chi connectivity index (χ1v) is 11.8. The third-order valence-corrected chi connectivity index (χ3v) is 7.02. The van der Waals surface area contributed by atoms with E-state index < -0.39 is 0 Å². The summed E-state index contributed by atoms with van der Waals surface area (Å²) in [7, 11) is 0. The van der Waals surface area contributed by atoms with Crippen LogP contribution in [0.5, 0.6) is 0 Å². The zero-order valence-electron chi connectivity index (χ0n) is 18.4. The molecule has 0 heterocycles. The summed E-state index contributed by atoms with van der Waals surface area (Å²) in [6, 6.07) is 20.8. The van der Waals surface area contributed by atoms with E-state index in [0.29, 0.717) is 5.92 Å². The maximum absolute atomic E-state index is 9.85. The number of nitrogens with zero attached hydrogens (tertiary/aromatic N) is 1. The number of hydrogen-bond donors (Lipinski definition) is 0. The highest BCUT2D eigenvalue weighted by Crippen LogP contribution is 2.45. The van der Waals surface area contributed by atoms with E-state index in [4.69, 9.17) is 0 Å². The van der Waals surface area contributed by atoms with Crippen molar-refractivity contribution in [3.8, 4) is 17.2 Å². The van der Waals surface area contributed by atoms with Crippen molar-refractivity contribution in [2.45, 2.75) is 90.4 Å². The van der Waals surface area contributed by atoms with Gasteiger partial charge in [-0.1, -0.05) is 94.5 Å². The molecule has 154 valence electrons. The summed E-state index contributed by atoms with van der Waals surface area (Å²) in [5.74, 6) is 0.619. The molecule has 2 aromatic carbocycles. The van der Waals surface area contributed by atoms with Crippen LogP contribution in [0.1, 0.15) is 95.1 Å². The molecule has 0 amide bonds. The van der Waals surface area contributed by atoms with Crippen LogP contribution in [0.25, 0.3) is 11.1 Å². The average molecular weight is 388 g/mol. The highest BCUT2D eigenvalue weighted by Gasteiger charge is 2.35. The fourth-order valence-electron chi connectivity index (χ4n) is 4.87. The van der Waals surface area contributed by atoms with Gasteiger partial charge in [-0.05, 0) is 66.7 Å². The molecular formula is C28H37N. The Morgan fingerprint density at radius 1 is 0.828 bits per heavy atom. The lowest BCUT2D eigenvalue weighted by atomic mass is 9.67. The fraction of sp³-hybridized carbons (Fsp3) is 0.536. The molecule has 0 atom stereocenters. The summed E-state index contributed by atoms with van der Waals surface area (Å²) in [6.45, 7) is 4.45. The molecule has 0 aromatic heterocycles. The van der Waals surface area contributed by atoms with Crippen LogP contribution >= 0.6 is 0 Å². The summed E-state index contributed by atoms with van der Waals surface area (Å²) in [4.78, 5) is 0. The minimum atomic E-state index is -0.0519. The maximum atomic E-state index is 9.85. The quantitative estimate of drug-likeness (QED) is 0.396. The van der Waals surface area contributed by atoms with Crippen LogP contribution in [-0.4, -0.2) is 0 Å². The first kappa shape index (κ1) is 21.6. The molecule has 3 rings (SSSR count). The van der Waals surface area contributed by atoms with Crippen molar-refractivity contribution in [1.29, 1.82) is 5.26 Å². The van der Waals surface area contributed by atoms with Gasteiger partial charge in [-0.15, -0.1) is 0 Å². The van der Waals surface area contributed by atoms with Crippen LogP contribution in [0.2, 0.25) is 0 Å². The van der Waals surface area contributed by atoms with Crippen LogP contribution in [0.4, 0.5) is 0 Å². The lowest BCUT2D eigenvalue weighted by Crippen LogP contribution is -2.25. The standard InChI is InChI=1S/C28H37N/c1-3-5-6-7-8-19-28(22-29)20-17-27(18-21-28)26-15-13-25(14-16-26)24-11-9-23(4-2)10-12-24/h9-16,27H,3-8,17-21H2,1-2H3. The molecule has 1 aliphatic carbocycles. The SMILES string of the molecule is CCCCCCCC1(C#N)CCC(c2ccc(-c3ccc(CC)cc3)cc2)CC1. The fourth-order valence-corrected chi connectivity index (χ4v) is 4.87. The van der Waals surface area contributed by atoms with E-state index in [-0.39, 0.29) is 5.41 Å². The van der Waals surface area contributed by atoms with Gasteiger partial charge in [-0.2, -0.15) is 5.26 Å². The lowest BCUT2D eigenvalue weighted by molar-refractivity contribution is 0.223. The van der Waals surface area contributed by atoms with E-state index in [1.54, 1.807) is 0 Å². The minimum Gasteiger partial charge on any atom is -0.198 e. The Balaban J connectivity index is 1.55. The van der Waals surface area contributed by atoms with Crippen LogP contribution in [0.15, 0.2) is 48.5 Å². The van der Waals surface area contributed by atoms with Gasteiger partial charge in [0, 0.05) is 0 Å². The topological polar surface area (TPSA) is 23.8 Å².